The van der Waals surface area contributed by atoms with Crippen molar-refractivity contribution in [3.05, 3.63) is 20.8 Å². The minimum Gasteiger partial charge on any atom is -0.342 e. The molecule has 1 aliphatic heterocycles. The molecule has 8 nitrogen and oxygen atoms in total. The molecule has 0 N–H and O–H groups in total. The van der Waals surface area contributed by atoms with Gasteiger partial charge in [0.1, 0.15) is 0 Å². The third-order valence-corrected chi connectivity index (χ3v) is 5.98. The highest BCUT2D eigenvalue weighted by molar-refractivity contribution is 7.99. The number of rotatable bonds is 4. The lowest BCUT2D eigenvalue weighted by Crippen LogP contribution is -2.40. The van der Waals surface area contributed by atoms with Crippen LogP contribution in [0.5, 0.6) is 0 Å². The topological polar surface area (TPSA) is 82.1 Å². The predicted molar refractivity (Wildman–Crippen MR) is 102 cm³/mol. The minimum atomic E-state index is -0.377. The number of fused-ring (bicyclic) bond motifs is 1. The van der Waals surface area contributed by atoms with Crippen molar-refractivity contribution in [2.24, 2.45) is 20.0 Å². The van der Waals surface area contributed by atoms with Crippen LogP contribution in [-0.4, -0.2) is 48.3 Å². The third kappa shape index (κ3) is 3.20. The zero-order chi connectivity index (χ0) is 19.0. The van der Waals surface area contributed by atoms with Crippen molar-refractivity contribution in [3.63, 3.8) is 0 Å². The fraction of sp³-hybridized carbons (Fsp3) is 0.647. The first-order valence-electron chi connectivity index (χ1n) is 8.92. The van der Waals surface area contributed by atoms with E-state index in [1.165, 1.54) is 27.3 Å². The standard InChI is InChI=1S/C17H25N5O3S/c1-5-22-15(24)13-14(20(4)17(22)25)18-16(19(13)3)26-10-12(23)21-8-6-7-11(2)9-21/h11H,5-10H2,1-4H3/t11-/m1/s1. The van der Waals surface area contributed by atoms with E-state index < -0.39 is 0 Å². The Morgan fingerprint density at radius 3 is 2.65 bits per heavy atom. The smallest absolute Gasteiger partial charge is 0.332 e. The van der Waals surface area contributed by atoms with E-state index in [1.54, 1.807) is 25.6 Å². The molecule has 3 heterocycles. The molecular weight excluding hydrogens is 354 g/mol. The van der Waals surface area contributed by atoms with Crippen LogP contribution in [0.4, 0.5) is 0 Å². The van der Waals surface area contributed by atoms with Crippen LogP contribution in [0.1, 0.15) is 26.7 Å². The lowest BCUT2D eigenvalue weighted by Gasteiger charge is -2.30. The molecule has 0 unspecified atom stereocenters. The highest BCUT2D eigenvalue weighted by atomic mass is 32.2. The first kappa shape index (κ1) is 18.8. The normalized spacial score (nSPS) is 17.8. The van der Waals surface area contributed by atoms with Crippen LogP contribution in [0.25, 0.3) is 11.2 Å². The fourth-order valence-electron chi connectivity index (χ4n) is 3.46. The summed E-state index contributed by atoms with van der Waals surface area (Å²) in [5, 5.41) is 0.569. The van der Waals surface area contributed by atoms with Crippen LogP contribution in [0.15, 0.2) is 14.7 Å². The average molecular weight is 379 g/mol. The number of amides is 1. The summed E-state index contributed by atoms with van der Waals surface area (Å²) in [6.45, 7) is 5.84. The van der Waals surface area contributed by atoms with Gasteiger partial charge in [-0.05, 0) is 25.7 Å². The number of likely N-dealkylation sites (tertiary alicyclic amines) is 1. The van der Waals surface area contributed by atoms with Crippen molar-refractivity contribution < 1.29 is 4.79 Å². The number of nitrogens with zero attached hydrogens (tertiary/aromatic N) is 5. The Hall–Kier alpha value is -2.03. The summed E-state index contributed by atoms with van der Waals surface area (Å²) < 4.78 is 4.26. The number of carbonyl (C=O) groups excluding carboxylic acids is 1. The number of hydrogen-bond donors (Lipinski definition) is 0. The summed E-state index contributed by atoms with van der Waals surface area (Å²) in [5.74, 6) is 0.906. The SMILES string of the molecule is CCn1c(=O)c2c(nc(SCC(=O)N3CCC[C@@H](C)C3)n2C)n(C)c1=O. The van der Waals surface area contributed by atoms with Gasteiger partial charge in [-0.2, -0.15) is 0 Å². The zero-order valence-electron chi connectivity index (χ0n) is 15.7. The van der Waals surface area contributed by atoms with Crippen molar-refractivity contribution in [2.75, 3.05) is 18.8 Å². The van der Waals surface area contributed by atoms with E-state index in [1.807, 2.05) is 4.90 Å². The van der Waals surface area contributed by atoms with Crippen LogP contribution in [-0.2, 0) is 25.4 Å². The van der Waals surface area contributed by atoms with Gasteiger partial charge in [-0.15, -0.1) is 0 Å². The molecule has 1 aliphatic rings. The molecular formula is C17H25N5O3S. The molecule has 1 atom stereocenters. The third-order valence-electron chi connectivity index (χ3n) is 4.97. The van der Waals surface area contributed by atoms with E-state index in [-0.39, 0.29) is 22.9 Å². The number of carbonyl (C=O) groups is 1. The number of hydrogen-bond acceptors (Lipinski definition) is 5. The fourth-order valence-corrected chi connectivity index (χ4v) is 4.34. The Morgan fingerprint density at radius 2 is 2.00 bits per heavy atom. The molecule has 0 bridgehead atoms. The van der Waals surface area contributed by atoms with Gasteiger partial charge in [-0.1, -0.05) is 18.7 Å². The molecule has 9 heteroatoms. The van der Waals surface area contributed by atoms with Gasteiger partial charge in [0.25, 0.3) is 5.56 Å². The quantitative estimate of drug-likeness (QED) is 0.734. The number of aromatic nitrogens is 4. The maximum absolute atomic E-state index is 12.6. The van der Waals surface area contributed by atoms with Crippen molar-refractivity contribution in [3.8, 4) is 0 Å². The summed E-state index contributed by atoms with van der Waals surface area (Å²) in [6.07, 6.45) is 2.21. The molecule has 0 radical (unpaired) electrons. The first-order valence-corrected chi connectivity index (χ1v) is 9.90. The molecule has 0 aliphatic carbocycles. The van der Waals surface area contributed by atoms with Crippen LogP contribution < -0.4 is 11.2 Å². The number of thioether (sulfide) groups is 1. The summed E-state index contributed by atoms with van der Waals surface area (Å²) >= 11 is 1.31. The molecule has 26 heavy (non-hydrogen) atoms. The maximum Gasteiger partial charge on any atom is 0.332 e. The van der Waals surface area contributed by atoms with Gasteiger partial charge >= 0.3 is 5.69 Å². The Labute approximate surface area is 155 Å². The first-order chi connectivity index (χ1) is 12.3. The van der Waals surface area contributed by atoms with E-state index in [9.17, 15) is 14.4 Å². The second kappa shape index (κ2) is 7.30. The van der Waals surface area contributed by atoms with Crippen molar-refractivity contribution in [1.29, 1.82) is 0 Å². The van der Waals surface area contributed by atoms with Crippen molar-refractivity contribution in [1.82, 2.24) is 23.6 Å². The summed E-state index contributed by atoms with van der Waals surface area (Å²) in [7, 11) is 3.36. The predicted octanol–water partition coefficient (Wildman–Crippen LogP) is 0.804. The average Bonchev–Trinajstić information content (AvgIpc) is 2.95. The summed E-state index contributed by atoms with van der Waals surface area (Å²) in [5.41, 5.74) is 0.0194. The van der Waals surface area contributed by atoms with Gasteiger partial charge in [-0.3, -0.25) is 18.7 Å². The largest absolute Gasteiger partial charge is 0.342 e. The van der Waals surface area contributed by atoms with Crippen molar-refractivity contribution in [2.45, 2.75) is 38.4 Å². The van der Waals surface area contributed by atoms with E-state index in [0.29, 0.717) is 28.8 Å². The summed E-state index contributed by atoms with van der Waals surface area (Å²) in [6, 6.07) is 0. The molecule has 2 aromatic rings. The van der Waals surface area contributed by atoms with Gasteiger partial charge in [-0.25, -0.2) is 9.78 Å². The Morgan fingerprint density at radius 1 is 1.27 bits per heavy atom. The highest BCUT2D eigenvalue weighted by Crippen LogP contribution is 2.22. The van der Waals surface area contributed by atoms with Gasteiger partial charge < -0.3 is 9.47 Å². The van der Waals surface area contributed by atoms with Crippen molar-refractivity contribution >= 4 is 28.8 Å². The van der Waals surface area contributed by atoms with Gasteiger partial charge in [0, 0.05) is 33.7 Å². The van der Waals surface area contributed by atoms with Gasteiger partial charge in [0.15, 0.2) is 16.3 Å². The number of piperidine rings is 1. The molecule has 1 amide bonds. The second-order valence-corrected chi connectivity index (χ2v) is 7.83. The van der Waals surface area contributed by atoms with E-state index in [0.717, 1.165) is 19.5 Å². The van der Waals surface area contributed by atoms with Gasteiger partial charge in [0.05, 0.1) is 5.75 Å². The highest BCUT2D eigenvalue weighted by Gasteiger charge is 2.23. The number of aryl methyl sites for hydroxylation is 2. The van der Waals surface area contributed by atoms with Crippen LogP contribution in [0, 0.1) is 5.92 Å². The van der Waals surface area contributed by atoms with E-state index in [4.69, 9.17) is 0 Å². The Bertz CT molecular complexity index is 958. The molecule has 1 fully saturated rings. The molecule has 0 aromatic carbocycles. The Balaban J connectivity index is 1.87. The lowest BCUT2D eigenvalue weighted by molar-refractivity contribution is -0.130. The van der Waals surface area contributed by atoms with E-state index in [2.05, 4.69) is 11.9 Å². The lowest BCUT2D eigenvalue weighted by atomic mass is 10.0. The Kier molecular flexibility index (Phi) is 5.27. The second-order valence-electron chi connectivity index (χ2n) is 6.89. The van der Waals surface area contributed by atoms with E-state index >= 15 is 0 Å². The maximum atomic E-state index is 12.6. The molecule has 2 aromatic heterocycles. The summed E-state index contributed by atoms with van der Waals surface area (Å²) in [4.78, 5) is 43.7. The van der Waals surface area contributed by atoms with Gasteiger partial charge in [0.2, 0.25) is 5.91 Å². The zero-order valence-corrected chi connectivity index (χ0v) is 16.5. The molecule has 142 valence electrons. The monoisotopic (exact) mass is 379 g/mol. The molecule has 3 rings (SSSR count). The molecule has 0 spiro atoms. The van der Waals surface area contributed by atoms with Crippen LogP contribution >= 0.6 is 11.8 Å². The van der Waals surface area contributed by atoms with Crippen LogP contribution in [0.3, 0.4) is 0 Å². The van der Waals surface area contributed by atoms with Crippen LogP contribution in [0.2, 0.25) is 0 Å². The molecule has 0 saturated carbocycles. The molecule has 1 saturated heterocycles. The number of imidazole rings is 1. The minimum absolute atomic E-state index is 0.0912.